The largest absolute Gasteiger partial charge is 0.375 e. The molecule has 0 saturated carbocycles. The number of hydrogen-bond donors (Lipinski definition) is 0. The van der Waals surface area contributed by atoms with E-state index >= 15 is 0 Å². The molecule has 0 saturated heterocycles. The summed E-state index contributed by atoms with van der Waals surface area (Å²) in [6.45, 7) is 2.98. The molecule has 2 aromatic rings. The summed E-state index contributed by atoms with van der Waals surface area (Å²) in [5.74, 6) is 1.12. The first-order valence-corrected chi connectivity index (χ1v) is 5.97. The number of ether oxygens (including phenoxy) is 1. The van der Waals surface area contributed by atoms with Crippen LogP contribution < -0.4 is 0 Å². The predicted molar refractivity (Wildman–Crippen MR) is 66.9 cm³/mol. The molecule has 1 atom stereocenters. The lowest BCUT2D eigenvalue weighted by Crippen LogP contribution is -2.23. The number of aromatic nitrogens is 4. The van der Waals surface area contributed by atoms with Crippen LogP contribution in [0.2, 0.25) is 0 Å². The van der Waals surface area contributed by atoms with Gasteiger partial charge in [0.1, 0.15) is 12.9 Å². The maximum Gasteiger partial charge on any atom is 0.252 e. The molecule has 19 heavy (non-hydrogen) atoms. The molecule has 0 aliphatic carbocycles. The van der Waals surface area contributed by atoms with Crippen LogP contribution in [0.25, 0.3) is 0 Å². The van der Waals surface area contributed by atoms with Gasteiger partial charge in [-0.15, -0.1) is 0 Å². The third kappa shape index (κ3) is 3.55. The molecule has 1 unspecified atom stereocenters. The Balaban J connectivity index is 1.98. The van der Waals surface area contributed by atoms with E-state index in [1.165, 1.54) is 0 Å². The first-order chi connectivity index (χ1) is 9.20. The molecule has 0 amide bonds. The fourth-order valence-electron chi connectivity index (χ4n) is 1.67. The molecular formula is C12H17N5O2. The summed E-state index contributed by atoms with van der Waals surface area (Å²) in [7, 11) is 3.58. The normalized spacial score (nSPS) is 12.8. The average molecular weight is 263 g/mol. The summed E-state index contributed by atoms with van der Waals surface area (Å²) in [6, 6.07) is 2.04. The van der Waals surface area contributed by atoms with Gasteiger partial charge >= 0.3 is 0 Å². The summed E-state index contributed by atoms with van der Waals surface area (Å²) in [4.78, 5) is 14.5. The highest BCUT2D eigenvalue weighted by Crippen LogP contribution is 2.17. The van der Waals surface area contributed by atoms with Crippen molar-refractivity contribution in [1.82, 2.24) is 25.0 Å². The Morgan fingerprint density at radius 2 is 2.32 bits per heavy atom. The van der Waals surface area contributed by atoms with Gasteiger partial charge in [-0.3, -0.25) is 4.90 Å². The van der Waals surface area contributed by atoms with Crippen LogP contribution in [0.3, 0.4) is 0 Å². The van der Waals surface area contributed by atoms with Gasteiger partial charge < -0.3 is 9.26 Å². The van der Waals surface area contributed by atoms with Crippen molar-refractivity contribution in [2.24, 2.45) is 0 Å². The molecule has 2 aromatic heterocycles. The van der Waals surface area contributed by atoms with Crippen molar-refractivity contribution in [3.63, 3.8) is 0 Å². The second kappa shape index (κ2) is 6.35. The average Bonchev–Trinajstić information content (AvgIpc) is 2.86. The highest BCUT2D eigenvalue weighted by molar-refractivity contribution is 5.03. The Hall–Kier alpha value is -1.86. The lowest BCUT2D eigenvalue weighted by atomic mass is 10.2. The maximum absolute atomic E-state index is 5.05. The Bertz CT molecular complexity index is 502. The smallest absolute Gasteiger partial charge is 0.252 e. The van der Waals surface area contributed by atoms with E-state index in [1.807, 2.05) is 13.1 Å². The third-order valence-corrected chi connectivity index (χ3v) is 2.86. The molecule has 0 aliphatic rings. The van der Waals surface area contributed by atoms with Gasteiger partial charge in [0.05, 0.1) is 12.2 Å². The van der Waals surface area contributed by atoms with E-state index in [4.69, 9.17) is 9.26 Å². The van der Waals surface area contributed by atoms with Gasteiger partial charge in [0.15, 0.2) is 5.82 Å². The Morgan fingerprint density at radius 1 is 1.47 bits per heavy atom. The van der Waals surface area contributed by atoms with Gasteiger partial charge in [-0.25, -0.2) is 9.97 Å². The molecule has 2 heterocycles. The second-order valence-electron chi connectivity index (χ2n) is 4.26. The minimum Gasteiger partial charge on any atom is -0.375 e. The zero-order valence-electron chi connectivity index (χ0n) is 11.3. The molecule has 2 rings (SSSR count). The Kier molecular flexibility index (Phi) is 4.53. The van der Waals surface area contributed by atoms with Crippen LogP contribution in [0.15, 0.2) is 23.1 Å². The van der Waals surface area contributed by atoms with E-state index in [2.05, 4.69) is 31.9 Å². The predicted octanol–water partition coefficient (Wildman–Crippen LogP) is 1.20. The van der Waals surface area contributed by atoms with Crippen molar-refractivity contribution in [3.05, 3.63) is 36.0 Å². The van der Waals surface area contributed by atoms with Crippen LogP contribution in [-0.2, 0) is 17.9 Å². The maximum atomic E-state index is 5.05. The standard InChI is InChI=1S/C12H17N5O2/c1-9(10-4-5-13-8-14-10)17(2)6-11-15-12(7-18-3)19-16-11/h4-5,8-9H,6-7H2,1-3H3. The first-order valence-electron chi connectivity index (χ1n) is 5.97. The Labute approximate surface area is 111 Å². The molecule has 0 spiro atoms. The van der Waals surface area contributed by atoms with E-state index in [0.717, 1.165) is 5.69 Å². The van der Waals surface area contributed by atoms with Crippen molar-refractivity contribution in [2.45, 2.75) is 26.1 Å². The third-order valence-electron chi connectivity index (χ3n) is 2.86. The van der Waals surface area contributed by atoms with Crippen LogP contribution in [0.4, 0.5) is 0 Å². The van der Waals surface area contributed by atoms with E-state index in [9.17, 15) is 0 Å². The van der Waals surface area contributed by atoms with Gasteiger partial charge in [-0.05, 0) is 20.0 Å². The van der Waals surface area contributed by atoms with Gasteiger partial charge in [-0.1, -0.05) is 5.16 Å². The number of nitrogens with zero attached hydrogens (tertiary/aromatic N) is 5. The minimum absolute atomic E-state index is 0.146. The lowest BCUT2D eigenvalue weighted by molar-refractivity contribution is 0.151. The molecule has 7 nitrogen and oxygen atoms in total. The van der Waals surface area contributed by atoms with Crippen molar-refractivity contribution >= 4 is 0 Å². The SMILES string of the molecule is COCc1nc(CN(C)C(C)c2ccncn2)no1. The number of methoxy groups -OCH3 is 1. The van der Waals surface area contributed by atoms with E-state index in [1.54, 1.807) is 19.6 Å². The van der Waals surface area contributed by atoms with Gasteiger partial charge in [0.2, 0.25) is 0 Å². The summed E-state index contributed by atoms with van der Waals surface area (Å²) < 4.78 is 9.99. The zero-order chi connectivity index (χ0) is 13.7. The lowest BCUT2D eigenvalue weighted by Gasteiger charge is -2.22. The summed E-state index contributed by atoms with van der Waals surface area (Å²) in [6.07, 6.45) is 3.28. The van der Waals surface area contributed by atoms with Crippen molar-refractivity contribution < 1.29 is 9.26 Å². The number of rotatable bonds is 6. The fraction of sp³-hybridized carbons (Fsp3) is 0.500. The van der Waals surface area contributed by atoms with Crippen LogP contribution in [0.5, 0.6) is 0 Å². The minimum atomic E-state index is 0.146. The molecule has 0 radical (unpaired) electrons. The molecule has 102 valence electrons. The molecule has 0 fully saturated rings. The van der Waals surface area contributed by atoms with Crippen LogP contribution >= 0.6 is 0 Å². The topological polar surface area (TPSA) is 77.2 Å². The van der Waals surface area contributed by atoms with Crippen LogP contribution in [0.1, 0.15) is 30.4 Å². The molecule has 7 heteroatoms. The monoisotopic (exact) mass is 263 g/mol. The molecule has 0 aliphatic heterocycles. The van der Waals surface area contributed by atoms with E-state index in [0.29, 0.717) is 24.9 Å². The van der Waals surface area contributed by atoms with Crippen molar-refractivity contribution in [2.75, 3.05) is 14.2 Å². The quantitative estimate of drug-likeness (QED) is 0.774. The van der Waals surface area contributed by atoms with Crippen LogP contribution in [-0.4, -0.2) is 39.2 Å². The van der Waals surface area contributed by atoms with Gasteiger partial charge in [0, 0.05) is 19.3 Å². The fourth-order valence-corrected chi connectivity index (χ4v) is 1.67. The molecule has 0 bridgehead atoms. The van der Waals surface area contributed by atoms with Crippen molar-refractivity contribution in [3.8, 4) is 0 Å². The highest BCUT2D eigenvalue weighted by Gasteiger charge is 2.16. The highest BCUT2D eigenvalue weighted by atomic mass is 16.5. The summed E-state index contributed by atoms with van der Waals surface area (Å²) in [5, 5.41) is 3.91. The summed E-state index contributed by atoms with van der Waals surface area (Å²) in [5.41, 5.74) is 0.957. The van der Waals surface area contributed by atoms with Crippen molar-refractivity contribution in [1.29, 1.82) is 0 Å². The zero-order valence-corrected chi connectivity index (χ0v) is 11.3. The van der Waals surface area contributed by atoms with Gasteiger partial charge in [0.25, 0.3) is 5.89 Å². The first kappa shape index (κ1) is 13.6. The molecule has 0 aromatic carbocycles. The summed E-state index contributed by atoms with van der Waals surface area (Å²) >= 11 is 0. The number of hydrogen-bond acceptors (Lipinski definition) is 7. The molecule has 0 N–H and O–H groups in total. The van der Waals surface area contributed by atoms with Crippen LogP contribution in [0, 0.1) is 0 Å². The second-order valence-corrected chi connectivity index (χ2v) is 4.26. The Morgan fingerprint density at radius 3 is 3.00 bits per heavy atom. The van der Waals surface area contributed by atoms with Gasteiger partial charge in [-0.2, -0.15) is 4.98 Å². The van der Waals surface area contributed by atoms with E-state index < -0.39 is 0 Å². The molecular weight excluding hydrogens is 246 g/mol. The van der Waals surface area contributed by atoms with E-state index in [-0.39, 0.29) is 6.04 Å².